The van der Waals surface area contributed by atoms with Crippen LogP contribution in [-0.4, -0.2) is 158 Å². The molecule has 0 unspecified atom stereocenters. The number of sulfonamides is 1. The van der Waals surface area contributed by atoms with E-state index in [2.05, 4.69) is 89.2 Å². The first kappa shape index (κ1) is 57.3. The van der Waals surface area contributed by atoms with E-state index < -0.39 is 15.9 Å². The van der Waals surface area contributed by atoms with Gasteiger partial charge in [0.1, 0.15) is 0 Å². The Hall–Kier alpha value is -5.92. The molecular formula is C62H76ClN9O6S2. The first-order valence-corrected chi connectivity index (χ1v) is 31.2. The molecule has 424 valence electrons. The van der Waals surface area contributed by atoms with E-state index in [0.29, 0.717) is 13.0 Å². The largest absolute Gasteiger partial charge is 0.381 e. The lowest BCUT2D eigenvalue weighted by Crippen LogP contribution is -2.51. The molecule has 2 atom stereocenters. The van der Waals surface area contributed by atoms with Crippen molar-refractivity contribution >= 4 is 79.6 Å². The minimum atomic E-state index is -4.13. The third-order valence-electron chi connectivity index (χ3n) is 16.5. The van der Waals surface area contributed by atoms with Crippen molar-refractivity contribution < 1.29 is 27.5 Å². The van der Waals surface area contributed by atoms with E-state index in [1.54, 1.807) is 53.1 Å². The Morgan fingerprint density at radius 3 is 2.19 bits per heavy atom. The summed E-state index contributed by atoms with van der Waals surface area (Å²) in [7, 11) is -4.13. The van der Waals surface area contributed by atoms with E-state index in [-0.39, 0.29) is 33.9 Å². The summed E-state index contributed by atoms with van der Waals surface area (Å²) in [5, 5.41) is 6.85. The normalized spacial score (nSPS) is 20.6. The zero-order valence-corrected chi connectivity index (χ0v) is 48.6. The van der Waals surface area contributed by atoms with Crippen LogP contribution in [0.2, 0.25) is 5.02 Å². The lowest BCUT2D eigenvalue weighted by molar-refractivity contribution is -0.120. The lowest BCUT2D eigenvalue weighted by atomic mass is 9.71. The second kappa shape index (κ2) is 26.3. The van der Waals surface area contributed by atoms with E-state index >= 15 is 0 Å². The maximum absolute atomic E-state index is 13.6. The van der Waals surface area contributed by atoms with Crippen molar-refractivity contribution in [3.05, 3.63) is 149 Å². The maximum atomic E-state index is 13.6. The molecule has 5 aromatic rings. The summed E-state index contributed by atoms with van der Waals surface area (Å²) < 4.78 is 35.1. The molecule has 4 heterocycles. The zero-order valence-electron chi connectivity index (χ0n) is 46.2. The van der Waals surface area contributed by atoms with Crippen LogP contribution in [0, 0.1) is 12.3 Å². The number of halogens is 1. The number of nitrogens with one attached hydrogen (secondary N) is 3. The number of imide groups is 1. The van der Waals surface area contributed by atoms with Crippen molar-refractivity contribution in [2.24, 2.45) is 5.41 Å². The number of thioether (sulfide) groups is 1. The zero-order chi connectivity index (χ0) is 55.6. The van der Waals surface area contributed by atoms with Crippen molar-refractivity contribution in [1.29, 1.82) is 0 Å². The summed E-state index contributed by atoms with van der Waals surface area (Å²) in [5.41, 5.74) is 9.33. The summed E-state index contributed by atoms with van der Waals surface area (Å²) in [6, 6.07) is 38.7. The monoisotopic (exact) mass is 1140 g/mol. The molecule has 0 saturated carbocycles. The number of carbonyl (C=O) groups is 3. The van der Waals surface area contributed by atoms with Gasteiger partial charge in [-0.25, -0.2) is 17.9 Å². The van der Waals surface area contributed by atoms with Gasteiger partial charge in [-0.05, 0) is 146 Å². The van der Waals surface area contributed by atoms with Crippen LogP contribution < -0.4 is 30.1 Å². The number of piperazine rings is 2. The van der Waals surface area contributed by atoms with Crippen molar-refractivity contribution in [3.63, 3.8) is 0 Å². The molecule has 15 nitrogen and oxygen atoms in total. The Morgan fingerprint density at radius 2 is 1.46 bits per heavy atom. The predicted octanol–water partition coefficient (Wildman–Crippen LogP) is 9.49. The molecule has 0 bridgehead atoms. The molecular weight excluding hydrogens is 1070 g/mol. The maximum Gasteiger partial charge on any atom is 0.328 e. The van der Waals surface area contributed by atoms with Gasteiger partial charge in [-0.3, -0.25) is 29.6 Å². The smallest absolute Gasteiger partial charge is 0.328 e. The SMILES string of the molecule is Cc1ccc(N2CCN(C[C@]3(C)CCC(c4ccc(Cl)cc4)=C(CN4CCN(c5ccc(C(=O)NS(=O)(=O)c6ccc(N[C@H](CCN7CCCOCC7)CSc7ccccc7)cc6)cc5)CC4)C3)CC2)cc1N1CCC(=O)NC1=O. The van der Waals surface area contributed by atoms with Crippen LogP contribution in [0.1, 0.15) is 66.9 Å². The van der Waals surface area contributed by atoms with Crippen LogP contribution in [-0.2, 0) is 19.6 Å². The van der Waals surface area contributed by atoms with Gasteiger partial charge in [0.2, 0.25) is 5.91 Å². The predicted molar refractivity (Wildman–Crippen MR) is 323 cm³/mol. The van der Waals surface area contributed by atoms with Gasteiger partial charge in [-0.1, -0.05) is 60.5 Å². The van der Waals surface area contributed by atoms with Gasteiger partial charge in [-0.2, -0.15) is 0 Å². The molecule has 80 heavy (non-hydrogen) atoms. The number of amides is 4. The quantitative estimate of drug-likeness (QED) is 0.0675. The van der Waals surface area contributed by atoms with E-state index in [1.165, 1.54) is 21.6 Å². The summed E-state index contributed by atoms with van der Waals surface area (Å²) in [5.74, 6) is -0.0521. The number of rotatable bonds is 19. The van der Waals surface area contributed by atoms with Gasteiger partial charge in [0.05, 0.1) is 17.2 Å². The van der Waals surface area contributed by atoms with Gasteiger partial charge >= 0.3 is 6.03 Å². The number of benzene rings is 5. The van der Waals surface area contributed by atoms with Crippen LogP contribution in [0.4, 0.5) is 27.5 Å². The highest BCUT2D eigenvalue weighted by Crippen LogP contribution is 2.44. The van der Waals surface area contributed by atoms with E-state index in [4.69, 9.17) is 16.3 Å². The number of nitrogens with zero attached hydrogens (tertiary/aromatic N) is 6. The molecule has 5 aliphatic rings. The summed E-state index contributed by atoms with van der Waals surface area (Å²) >= 11 is 8.19. The molecule has 4 aliphatic heterocycles. The highest BCUT2D eigenvalue weighted by Gasteiger charge is 2.36. The fourth-order valence-corrected chi connectivity index (χ4v) is 14.0. The van der Waals surface area contributed by atoms with E-state index in [1.807, 2.05) is 49.4 Å². The van der Waals surface area contributed by atoms with Crippen molar-refractivity contribution in [3.8, 4) is 0 Å². The molecule has 4 amide bonds. The average Bonchev–Trinajstić information content (AvgIpc) is 3.89. The van der Waals surface area contributed by atoms with Crippen molar-refractivity contribution in [2.45, 2.75) is 68.2 Å². The molecule has 10 rings (SSSR count). The Balaban J connectivity index is 0.715. The van der Waals surface area contributed by atoms with Gasteiger partial charge in [0.25, 0.3) is 15.9 Å². The lowest BCUT2D eigenvalue weighted by Gasteiger charge is -2.44. The van der Waals surface area contributed by atoms with Gasteiger partial charge < -0.3 is 24.8 Å². The number of anilines is 4. The number of ether oxygens (including phenoxy) is 1. The summed E-state index contributed by atoms with van der Waals surface area (Å²) in [6.45, 7) is 18.3. The van der Waals surface area contributed by atoms with Gasteiger partial charge in [0.15, 0.2) is 0 Å². The van der Waals surface area contributed by atoms with E-state index in [9.17, 15) is 22.8 Å². The molecule has 0 radical (unpaired) electrons. The number of hydrogen-bond donors (Lipinski definition) is 3. The number of carbonyl (C=O) groups excluding carboxylic acids is 3. The highest BCUT2D eigenvalue weighted by molar-refractivity contribution is 7.99. The number of hydrogen-bond acceptors (Lipinski definition) is 13. The Bertz CT molecular complexity index is 3070. The minimum Gasteiger partial charge on any atom is -0.381 e. The fourth-order valence-electron chi connectivity index (χ4n) is 11.9. The molecule has 1 aliphatic carbocycles. The van der Waals surface area contributed by atoms with Crippen LogP contribution in [0.3, 0.4) is 0 Å². The first-order chi connectivity index (χ1) is 38.7. The molecule has 18 heteroatoms. The van der Waals surface area contributed by atoms with Crippen LogP contribution >= 0.6 is 23.4 Å². The third-order valence-corrected chi connectivity index (χ3v) is 19.2. The Labute approximate surface area is 482 Å². The third kappa shape index (κ3) is 14.9. The molecule has 0 spiro atoms. The second-order valence-corrected chi connectivity index (χ2v) is 25.6. The molecule has 4 fully saturated rings. The fraction of sp³-hybridized carbons (Fsp3) is 0.435. The number of aryl methyl sites for hydroxylation is 1. The topological polar surface area (TPSA) is 150 Å². The first-order valence-electron chi connectivity index (χ1n) is 28.4. The minimum absolute atomic E-state index is 0.0248. The summed E-state index contributed by atoms with van der Waals surface area (Å²) in [6.07, 6.45) is 5.37. The van der Waals surface area contributed by atoms with Crippen molar-refractivity contribution in [2.75, 3.05) is 131 Å². The van der Waals surface area contributed by atoms with Crippen LogP contribution in [0.25, 0.3) is 5.57 Å². The second-order valence-electron chi connectivity index (χ2n) is 22.4. The average molecular weight is 1140 g/mol. The van der Waals surface area contributed by atoms with Gasteiger partial charge in [-0.15, -0.1) is 11.8 Å². The Kier molecular flexibility index (Phi) is 18.9. The van der Waals surface area contributed by atoms with E-state index in [0.717, 1.165) is 169 Å². The number of allylic oxidation sites excluding steroid dienone is 1. The van der Waals surface area contributed by atoms with Crippen molar-refractivity contribution in [1.82, 2.24) is 24.7 Å². The molecule has 0 aromatic heterocycles. The standard InChI is InChI=1S/C62H76ClN9O6S2/c1-46-9-18-54(41-58(46)72-29-25-59(73)65-61(72)75)71-36-32-69(33-37-71)45-62(2)26-23-57(47-10-14-50(63)15-11-47)49(42-62)43-68-30-34-70(35-31-68)53-19-12-48(13-20-53)60(74)66-80(76,77)56-21-16-51(17-22-56)64-52(44-79-55-7-4-3-5-8-55)24-28-67-27-6-39-78-40-38-67/h3-5,7-22,41,52,64H,6,23-40,42-45H2,1-2H3,(H,66,74)(H,65,73,75)/t52-,62-/m1/s1. The molecule has 5 aromatic carbocycles. The molecule has 4 saturated heterocycles. The number of urea groups is 1. The highest BCUT2D eigenvalue weighted by atomic mass is 35.5. The van der Waals surface area contributed by atoms with Crippen LogP contribution in [0.5, 0.6) is 0 Å². The van der Waals surface area contributed by atoms with Gasteiger partial charge in [0, 0.05) is 149 Å². The molecule has 3 N–H and O–H groups in total. The Morgan fingerprint density at radius 1 is 0.762 bits per heavy atom. The van der Waals surface area contributed by atoms with Crippen LogP contribution in [0.15, 0.2) is 137 Å². The summed E-state index contributed by atoms with van der Waals surface area (Å²) in [4.78, 5) is 53.3.